The average Bonchev–Trinajstić information content (AvgIpc) is 2.83. The van der Waals surface area contributed by atoms with Gasteiger partial charge in [-0.15, -0.1) is 0 Å². The van der Waals surface area contributed by atoms with Crippen LogP contribution < -0.4 is 5.32 Å². The largest absolute Gasteiger partial charge is 0.469 e. The van der Waals surface area contributed by atoms with E-state index in [4.69, 9.17) is 4.74 Å². The Morgan fingerprint density at radius 2 is 2.28 bits per heavy atom. The van der Waals surface area contributed by atoms with Crippen molar-refractivity contribution in [3.05, 3.63) is 0 Å². The first-order valence-corrected chi connectivity index (χ1v) is 8.07. The minimum atomic E-state index is -0.0250. The van der Waals surface area contributed by atoms with Crippen molar-refractivity contribution in [1.82, 2.24) is 5.32 Å². The normalized spacial score (nSPS) is 36.6. The summed E-state index contributed by atoms with van der Waals surface area (Å²) in [5, 5.41) is 3.68. The minimum Gasteiger partial charge on any atom is -0.469 e. The highest BCUT2D eigenvalue weighted by atomic mass is 32.2. The average molecular weight is 271 g/mol. The second kappa shape index (κ2) is 6.29. The smallest absolute Gasteiger partial charge is 0.308 e. The van der Waals surface area contributed by atoms with Crippen molar-refractivity contribution in [2.24, 2.45) is 5.92 Å². The highest BCUT2D eigenvalue weighted by Gasteiger charge is 2.32. The number of rotatable bonds is 4. The lowest BCUT2D eigenvalue weighted by Gasteiger charge is -2.31. The summed E-state index contributed by atoms with van der Waals surface area (Å²) >= 11 is 2.09. The molecule has 0 aromatic carbocycles. The molecule has 3 atom stereocenters. The van der Waals surface area contributed by atoms with E-state index in [1.807, 2.05) is 0 Å². The third-order valence-corrected chi connectivity index (χ3v) is 5.81. The molecule has 0 aromatic rings. The number of ether oxygens (including phenoxy) is 1. The van der Waals surface area contributed by atoms with Gasteiger partial charge in [-0.25, -0.2) is 0 Å². The van der Waals surface area contributed by atoms with Crippen LogP contribution in [0.5, 0.6) is 0 Å². The summed E-state index contributed by atoms with van der Waals surface area (Å²) in [7, 11) is 1.50. The number of carbonyl (C=O) groups excluding carboxylic acids is 1. The van der Waals surface area contributed by atoms with Crippen LogP contribution in [0.1, 0.15) is 45.4 Å². The highest BCUT2D eigenvalue weighted by Crippen LogP contribution is 2.37. The van der Waals surface area contributed by atoms with E-state index < -0.39 is 0 Å². The van der Waals surface area contributed by atoms with Crippen molar-refractivity contribution in [2.45, 2.75) is 56.2 Å². The van der Waals surface area contributed by atoms with Gasteiger partial charge in [0.1, 0.15) is 0 Å². The van der Waals surface area contributed by atoms with Gasteiger partial charge in [-0.05, 0) is 44.8 Å². The van der Waals surface area contributed by atoms with Gasteiger partial charge in [0.2, 0.25) is 0 Å². The van der Waals surface area contributed by atoms with Crippen molar-refractivity contribution < 1.29 is 9.53 Å². The van der Waals surface area contributed by atoms with Crippen LogP contribution in [0.15, 0.2) is 0 Å². The molecule has 2 fully saturated rings. The number of thioether (sulfide) groups is 1. The molecular formula is C14H25NO2S. The molecule has 1 aliphatic carbocycles. The molecule has 3 nitrogen and oxygen atoms in total. The molecule has 104 valence electrons. The molecule has 2 rings (SSSR count). The number of esters is 1. The number of methoxy groups -OCH3 is 1. The van der Waals surface area contributed by atoms with E-state index in [2.05, 4.69) is 24.0 Å². The summed E-state index contributed by atoms with van der Waals surface area (Å²) < 4.78 is 5.28. The second-order valence-corrected chi connectivity index (χ2v) is 7.55. The van der Waals surface area contributed by atoms with Crippen LogP contribution in [-0.2, 0) is 9.53 Å². The molecule has 4 heteroatoms. The van der Waals surface area contributed by atoms with E-state index >= 15 is 0 Å². The first-order valence-electron chi connectivity index (χ1n) is 7.08. The lowest BCUT2D eigenvalue weighted by atomic mass is 9.85. The Bertz CT molecular complexity index is 290. The Morgan fingerprint density at radius 1 is 1.44 bits per heavy atom. The number of nitrogens with one attached hydrogen (secondary N) is 1. The van der Waals surface area contributed by atoms with Gasteiger partial charge < -0.3 is 10.1 Å². The fourth-order valence-electron chi connectivity index (χ4n) is 3.09. The minimum absolute atomic E-state index is 0.0250. The van der Waals surface area contributed by atoms with Gasteiger partial charge in [0.25, 0.3) is 0 Å². The van der Waals surface area contributed by atoms with Crippen LogP contribution >= 0.6 is 11.8 Å². The molecule has 3 unspecified atom stereocenters. The number of carbonyl (C=O) groups is 1. The van der Waals surface area contributed by atoms with Crippen molar-refractivity contribution in [1.29, 1.82) is 0 Å². The summed E-state index contributed by atoms with van der Waals surface area (Å²) in [6.45, 7) is 3.44. The number of hydrogen-bond acceptors (Lipinski definition) is 4. The Balaban J connectivity index is 1.77. The van der Waals surface area contributed by atoms with Crippen LogP contribution in [0.2, 0.25) is 0 Å². The maximum absolute atomic E-state index is 11.6. The molecule has 1 heterocycles. The molecule has 0 bridgehead atoms. The quantitative estimate of drug-likeness (QED) is 0.798. The maximum atomic E-state index is 11.6. The molecule has 2 aliphatic rings. The van der Waals surface area contributed by atoms with Crippen LogP contribution in [0.25, 0.3) is 0 Å². The van der Waals surface area contributed by atoms with Crippen molar-refractivity contribution in [3.8, 4) is 0 Å². The van der Waals surface area contributed by atoms with Gasteiger partial charge in [-0.3, -0.25) is 4.79 Å². The first kappa shape index (κ1) is 14.2. The first-order chi connectivity index (χ1) is 8.63. The van der Waals surface area contributed by atoms with Gasteiger partial charge in [0.15, 0.2) is 0 Å². The van der Waals surface area contributed by atoms with E-state index in [0.29, 0.717) is 10.8 Å². The zero-order valence-electron chi connectivity index (χ0n) is 11.5. The summed E-state index contributed by atoms with van der Waals surface area (Å²) in [6.07, 6.45) is 6.95. The van der Waals surface area contributed by atoms with Crippen LogP contribution in [0, 0.1) is 5.92 Å². The monoisotopic (exact) mass is 271 g/mol. The Kier molecular flexibility index (Phi) is 4.96. The fraction of sp³-hybridized carbons (Fsp3) is 0.929. The van der Waals surface area contributed by atoms with Crippen molar-refractivity contribution in [2.75, 3.05) is 19.4 Å². The predicted octanol–water partition coefficient (Wildman–Crippen LogP) is 2.59. The van der Waals surface area contributed by atoms with Gasteiger partial charge in [0.05, 0.1) is 13.0 Å². The third-order valence-electron chi connectivity index (χ3n) is 4.27. The number of hydrogen-bond donors (Lipinski definition) is 1. The van der Waals surface area contributed by atoms with Gasteiger partial charge in [-0.2, -0.15) is 11.8 Å². The topological polar surface area (TPSA) is 38.3 Å². The summed E-state index contributed by atoms with van der Waals surface area (Å²) in [4.78, 5) is 11.6. The van der Waals surface area contributed by atoms with Crippen LogP contribution in [-0.4, -0.2) is 36.2 Å². The molecule has 1 aliphatic heterocycles. The Labute approximate surface area is 114 Å². The summed E-state index contributed by atoms with van der Waals surface area (Å²) in [6, 6.07) is 0.501. The van der Waals surface area contributed by atoms with E-state index in [1.54, 1.807) is 0 Å². The molecule has 1 saturated carbocycles. The van der Waals surface area contributed by atoms with E-state index in [0.717, 1.165) is 25.8 Å². The van der Waals surface area contributed by atoms with E-state index in [-0.39, 0.29) is 11.9 Å². The lowest BCUT2D eigenvalue weighted by Crippen LogP contribution is -2.42. The van der Waals surface area contributed by atoms with Crippen LogP contribution in [0.4, 0.5) is 0 Å². The molecule has 18 heavy (non-hydrogen) atoms. The van der Waals surface area contributed by atoms with E-state index in [1.165, 1.54) is 32.1 Å². The lowest BCUT2D eigenvalue weighted by molar-refractivity contribution is -0.146. The highest BCUT2D eigenvalue weighted by molar-refractivity contribution is 8.00. The summed E-state index contributed by atoms with van der Waals surface area (Å²) in [5.74, 6) is 1.39. The van der Waals surface area contributed by atoms with Crippen molar-refractivity contribution in [3.63, 3.8) is 0 Å². The molecule has 0 aromatic heterocycles. The maximum Gasteiger partial charge on any atom is 0.308 e. The van der Waals surface area contributed by atoms with Crippen LogP contribution in [0.3, 0.4) is 0 Å². The molecular weight excluding hydrogens is 246 g/mol. The standard InChI is InChI=1S/C14H25NO2S/c1-14(7-4-8-18-14)10-15-12-6-3-5-11(9-12)13(16)17-2/h11-12,15H,3-10H2,1-2H3. The molecule has 1 N–H and O–H groups in total. The molecule has 0 amide bonds. The van der Waals surface area contributed by atoms with Crippen molar-refractivity contribution >= 4 is 17.7 Å². The second-order valence-electron chi connectivity index (χ2n) is 5.87. The van der Waals surface area contributed by atoms with E-state index in [9.17, 15) is 4.79 Å². The van der Waals surface area contributed by atoms with Gasteiger partial charge in [-0.1, -0.05) is 6.42 Å². The zero-order valence-corrected chi connectivity index (χ0v) is 12.4. The SMILES string of the molecule is COC(=O)C1CCCC(NCC2(C)CCCS2)C1. The molecule has 0 spiro atoms. The molecule has 1 saturated heterocycles. The molecule has 0 radical (unpaired) electrons. The third kappa shape index (κ3) is 3.64. The predicted molar refractivity (Wildman–Crippen MR) is 75.9 cm³/mol. The zero-order chi connectivity index (χ0) is 13.0. The summed E-state index contributed by atoms with van der Waals surface area (Å²) in [5.41, 5.74) is 0. The Hall–Kier alpha value is -0.220. The Morgan fingerprint density at radius 3 is 2.94 bits per heavy atom. The van der Waals surface area contributed by atoms with Gasteiger partial charge >= 0.3 is 5.97 Å². The fourth-order valence-corrected chi connectivity index (χ4v) is 4.35. The van der Waals surface area contributed by atoms with Gasteiger partial charge in [0, 0.05) is 17.3 Å².